The molecule has 2 fully saturated rings. The maximum atomic E-state index is 8.91. The first-order valence-corrected chi connectivity index (χ1v) is 7.87. The molecule has 18 heavy (non-hydrogen) atoms. The van der Waals surface area contributed by atoms with E-state index in [0.717, 1.165) is 18.5 Å². The molecule has 0 radical (unpaired) electrons. The third-order valence-electron chi connectivity index (χ3n) is 4.31. The molecule has 0 spiro atoms. The summed E-state index contributed by atoms with van der Waals surface area (Å²) in [4.78, 5) is 5.10. The van der Waals surface area contributed by atoms with Gasteiger partial charge in [-0.15, -0.1) is 0 Å². The van der Waals surface area contributed by atoms with Crippen molar-refractivity contribution in [2.24, 2.45) is 5.92 Å². The Kier molecular flexibility index (Phi) is 7.87. The standard InChI is InChI=1S/C13H26N2O.C2H6/c1-12-2-8-15(9-3-12)13-4-6-14(7-5-13)10-11-16;1-2/h12-13,16H,2-11H2,1H3;1-2H3. The number of likely N-dealkylation sites (tertiary alicyclic amines) is 2. The molecule has 0 bridgehead atoms. The van der Waals surface area contributed by atoms with Crippen LogP contribution in [-0.4, -0.2) is 60.3 Å². The summed E-state index contributed by atoms with van der Waals surface area (Å²) < 4.78 is 0. The van der Waals surface area contributed by atoms with Gasteiger partial charge in [0.15, 0.2) is 0 Å². The molecule has 3 nitrogen and oxygen atoms in total. The second-order valence-corrected chi connectivity index (χ2v) is 5.51. The van der Waals surface area contributed by atoms with Crippen LogP contribution in [0.5, 0.6) is 0 Å². The number of hydrogen-bond acceptors (Lipinski definition) is 3. The van der Waals surface area contributed by atoms with Gasteiger partial charge < -0.3 is 14.9 Å². The highest BCUT2D eigenvalue weighted by atomic mass is 16.3. The van der Waals surface area contributed by atoms with E-state index < -0.39 is 0 Å². The third kappa shape index (κ3) is 4.87. The fourth-order valence-corrected chi connectivity index (χ4v) is 3.04. The Bertz CT molecular complexity index is 195. The van der Waals surface area contributed by atoms with Crippen LogP contribution in [0.4, 0.5) is 0 Å². The van der Waals surface area contributed by atoms with Crippen LogP contribution in [0.1, 0.15) is 46.5 Å². The summed E-state index contributed by atoms with van der Waals surface area (Å²) in [6.45, 7) is 12.5. The van der Waals surface area contributed by atoms with Crippen molar-refractivity contribution >= 4 is 0 Å². The minimum atomic E-state index is 0.311. The van der Waals surface area contributed by atoms with Gasteiger partial charge in [0.25, 0.3) is 0 Å². The van der Waals surface area contributed by atoms with E-state index in [2.05, 4.69) is 16.7 Å². The zero-order chi connectivity index (χ0) is 13.4. The van der Waals surface area contributed by atoms with Gasteiger partial charge in [-0.25, -0.2) is 0 Å². The number of aliphatic hydroxyl groups excluding tert-OH is 1. The molecule has 0 aromatic rings. The molecular weight excluding hydrogens is 224 g/mol. The number of rotatable bonds is 3. The summed E-state index contributed by atoms with van der Waals surface area (Å²) in [6.07, 6.45) is 5.37. The first-order chi connectivity index (χ1) is 8.79. The molecule has 3 heteroatoms. The van der Waals surface area contributed by atoms with E-state index in [9.17, 15) is 0 Å². The predicted molar refractivity (Wildman–Crippen MR) is 77.9 cm³/mol. The number of piperidine rings is 2. The highest BCUT2D eigenvalue weighted by Gasteiger charge is 2.26. The maximum absolute atomic E-state index is 8.91. The Morgan fingerprint density at radius 3 is 2.00 bits per heavy atom. The molecule has 0 aromatic heterocycles. The Labute approximate surface area is 113 Å². The van der Waals surface area contributed by atoms with Gasteiger partial charge in [-0.1, -0.05) is 20.8 Å². The Balaban J connectivity index is 0.000000771. The molecular formula is C15H32N2O. The highest BCUT2D eigenvalue weighted by Crippen LogP contribution is 2.23. The van der Waals surface area contributed by atoms with E-state index in [1.54, 1.807) is 0 Å². The summed E-state index contributed by atoms with van der Waals surface area (Å²) >= 11 is 0. The minimum Gasteiger partial charge on any atom is -0.395 e. The Morgan fingerprint density at radius 1 is 0.944 bits per heavy atom. The number of β-amino-alcohol motifs (C(OH)–C–C–N with tert-alkyl or cyclic N) is 1. The van der Waals surface area contributed by atoms with Crippen LogP contribution < -0.4 is 0 Å². The van der Waals surface area contributed by atoms with Crippen molar-refractivity contribution in [2.45, 2.75) is 52.5 Å². The highest BCUT2D eigenvalue weighted by molar-refractivity contribution is 4.82. The van der Waals surface area contributed by atoms with Gasteiger partial charge in [-0.05, 0) is 57.8 Å². The molecule has 2 rings (SSSR count). The molecule has 2 heterocycles. The molecule has 0 saturated carbocycles. The zero-order valence-corrected chi connectivity index (χ0v) is 12.6. The lowest BCUT2D eigenvalue weighted by Gasteiger charge is -2.41. The number of nitrogens with zero attached hydrogens (tertiary/aromatic N) is 2. The zero-order valence-electron chi connectivity index (χ0n) is 12.6. The summed E-state index contributed by atoms with van der Waals surface area (Å²) in [5.74, 6) is 0.936. The van der Waals surface area contributed by atoms with Crippen LogP contribution in [0.15, 0.2) is 0 Å². The van der Waals surface area contributed by atoms with Gasteiger partial charge in [-0.2, -0.15) is 0 Å². The lowest BCUT2D eigenvalue weighted by atomic mass is 9.95. The predicted octanol–water partition coefficient (Wildman–Crippen LogP) is 2.20. The van der Waals surface area contributed by atoms with Gasteiger partial charge in [0.1, 0.15) is 0 Å². The van der Waals surface area contributed by atoms with Crippen molar-refractivity contribution in [3.05, 3.63) is 0 Å². The summed E-state index contributed by atoms with van der Waals surface area (Å²) in [5.41, 5.74) is 0. The van der Waals surface area contributed by atoms with Crippen LogP contribution in [0.2, 0.25) is 0 Å². The smallest absolute Gasteiger partial charge is 0.0558 e. The molecule has 0 aliphatic carbocycles. The van der Waals surface area contributed by atoms with Crippen LogP contribution in [0.25, 0.3) is 0 Å². The molecule has 2 aliphatic heterocycles. The van der Waals surface area contributed by atoms with Crippen molar-refractivity contribution in [2.75, 3.05) is 39.3 Å². The van der Waals surface area contributed by atoms with Crippen molar-refractivity contribution in [1.29, 1.82) is 0 Å². The van der Waals surface area contributed by atoms with Gasteiger partial charge >= 0.3 is 0 Å². The third-order valence-corrected chi connectivity index (χ3v) is 4.31. The van der Waals surface area contributed by atoms with Crippen LogP contribution in [-0.2, 0) is 0 Å². The minimum absolute atomic E-state index is 0.311. The van der Waals surface area contributed by atoms with Crippen molar-refractivity contribution in [3.8, 4) is 0 Å². The van der Waals surface area contributed by atoms with Crippen molar-refractivity contribution < 1.29 is 5.11 Å². The average molecular weight is 256 g/mol. The molecule has 108 valence electrons. The van der Waals surface area contributed by atoms with Gasteiger partial charge in [0, 0.05) is 12.6 Å². The van der Waals surface area contributed by atoms with Crippen LogP contribution in [0, 0.1) is 5.92 Å². The van der Waals surface area contributed by atoms with Crippen LogP contribution >= 0.6 is 0 Å². The number of aliphatic hydroxyl groups is 1. The van der Waals surface area contributed by atoms with E-state index in [1.165, 1.54) is 51.9 Å². The summed E-state index contributed by atoms with van der Waals surface area (Å²) in [7, 11) is 0. The monoisotopic (exact) mass is 256 g/mol. The van der Waals surface area contributed by atoms with Crippen molar-refractivity contribution in [3.63, 3.8) is 0 Å². The Morgan fingerprint density at radius 2 is 1.50 bits per heavy atom. The average Bonchev–Trinajstić information content (AvgIpc) is 2.43. The second kappa shape index (κ2) is 8.89. The topological polar surface area (TPSA) is 26.7 Å². The van der Waals surface area contributed by atoms with E-state index in [1.807, 2.05) is 13.8 Å². The van der Waals surface area contributed by atoms with Crippen LogP contribution in [0.3, 0.4) is 0 Å². The lowest BCUT2D eigenvalue weighted by molar-refractivity contribution is 0.0735. The van der Waals surface area contributed by atoms with Gasteiger partial charge in [0.05, 0.1) is 6.61 Å². The molecule has 0 unspecified atom stereocenters. The largest absolute Gasteiger partial charge is 0.395 e. The normalized spacial score (nSPS) is 24.7. The Hall–Kier alpha value is -0.120. The fourth-order valence-electron chi connectivity index (χ4n) is 3.04. The first kappa shape index (κ1) is 15.9. The SMILES string of the molecule is CC.CC1CCN(C2CCN(CCO)CC2)CC1. The second-order valence-electron chi connectivity index (χ2n) is 5.51. The summed E-state index contributed by atoms with van der Waals surface area (Å²) in [6, 6.07) is 0.822. The molecule has 0 amide bonds. The molecule has 2 saturated heterocycles. The quantitative estimate of drug-likeness (QED) is 0.838. The maximum Gasteiger partial charge on any atom is 0.0558 e. The van der Waals surface area contributed by atoms with E-state index in [4.69, 9.17) is 5.11 Å². The van der Waals surface area contributed by atoms with Crippen molar-refractivity contribution in [1.82, 2.24) is 9.80 Å². The van der Waals surface area contributed by atoms with Gasteiger partial charge in [-0.3, -0.25) is 0 Å². The molecule has 0 aromatic carbocycles. The fraction of sp³-hybridized carbons (Fsp3) is 1.00. The van der Waals surface area contributed by atoms with E-state index in [0.29, 0.717) is 6.61 Å². The summed E-state index contributed by atoms with van der Waals surface area (Å²) in [5, 5.41) is 8.91. The van der Waals surface area contributed by atoms with Gasteiger partial charge in [0.2, 0.25) is 0 Å². The first-order valence-electron chi connectivity index (χ1n) is 7.87. The molecule has 2 aliphatic rings. The lowest BCUT2D eigenvalue weighted by Crippen LogP contribution is -2.47. The van der Waals surface area contributed by atoms with E-state index in [-0.39, 0.29) is 0 Å². The number of hydrogen-bond donors (Lipinski definition) is 1. The van der Waals surface area contributed by atoms with E-state index >= 15 is 0 Å². The molecule has 0 atom stereocenters. The molecule has 1 N–H and O–H groups in total.